The standard InChI is InChI=1S/C27H45N3O4/c1-5-14-27(15-10-7-11-16-27)29-25(33)28-21(18-12-8-6-9-13-18)23(31)30-17-19-20(26(19,2)3)22(30)24(32)34-4/h18-22H,5-17H2,1-4H3,(H2,28,29,33)/t19?,20-,21-,22-/m0/s1. The van der Waals surface area contributed by atoms with E-state index in [1.807, 2.05) is 0 Å². The first-order valence-corrected chi connectivity index (χ1v) is 13.7. The summed E-state index contributed by atoms with van der Waals surface area (Å²) in [5.41, 5.74) is -0.112. The number of rotatable bonds is 7. The van der Waals surface area contributed by atoms with E-state index in [1.165, 1.54) is 20.0 Å². The molecule has 0 aromatic rings. The number of hydrogen-bond donors (Lipinski definition) is 2. The van der Waals surface area contributed by atoms with Crippen molar-refractivity contribution in [3.8, 4) is 0 Å². The number of nitrogens with one attached hydrogen (secondary N) is 2. The van der Waals surface area contributed by atoms with Crippen LogP contribution in [0.4, 0.5) is 4.79 Å². The monoisotopic (exact) mass is 475 g/mol. The summed E-state index contributed by atoms with van der Waals surface area (Å²) in [7, 11) is 1.40. The molecule has 7 heteroatoms. The summed E-state index contributed by atoms with van der Waals surface area (Å²) in [5, 5.41) is 6.44. The summed E-state index contributed by atoms with van der Waals surface area (Å²) >= 11 is 0. The Hall–Kier alpha value is -1.79. The second kappa shape index (κ2) is 10.1. The lowest BCUT2D eigenvalue weighted by atomic mass is 9.78. The van der Waals surface area contributed by atoms with Gasteiger partial charge in [-0.2, -0.15) is 0 Å². The molecule has 3 saturated carbocycles. The molecule has 2 N–H and O–H groups in total. The van der Waals surface area contributed by atoms with Gasteiger partial charge in [-0.05, 0) is 49.4 Å². The molecule has 0 aromatic carbocycles. The van der Waals surface area contributed by atoms with Gasteiger partial charge < -0.3 is 20.3 Å². The molecule has 0 spiro atoms. The zero-order valence-electron chi connectivity index (χ0n) is 21.7. The van der Waals surface area contributed by atoms with Gasteiger partial charge in [0.05, 0.1) is 7.11 Å². The van der Waals surface area contributed by atoms with Crippen LogP contribution in [0, 0.1) is 23.2 Å². The van der Waals surface area contributed by atoms with E-state index in [4.69, 9.17) is 4.74 Å². The van der Waals surface area contributed by atoms with Crippen molar-refractivity contribution < 1.29 is 19.1 Å². The van der Waals surface area contributed by atoms with Crippen LogP contribution in [0.3, 0.4) is 0 Å². The van der Waals surface area contributed by atoms with Crippen molar-refractivity contribution in [3.05, 3.63) is 0 Å². The Morgan fingerprint density at radius 3 is 2.29 bits per heavy atom. The number of hydrogen-bond acceptors (Lipinski definition) is 4. The van der Waals surface area contributed by atoms with Crippen molar-refractivity contribution in [2.45, 2.75) is 115 Å². The zero-order valence-corrected chi connectivity index (χ0v) is 21.7. The first-order valence-electron chi connectivity index (χ1n) is 13.7. The summed E-state index contributed by atoms with van der Waals surface area (Å²) in [5.74, 6) is 0.135. The number of ether oxygens (including phenoxy) is 1. The Balaban J connectivity index is 1.51. The molecule has 4 atom stereocenters. The number of methoxy groups -OCH3 is 1. The Labute approximate surface area is 205 Å². The fourth-order valence-corrected chi connectivity index (χ4v) is 7.49. The van der Waals surface area contributed by atoms with E-state index in [0.29, 0.717) is 12.5 Å². The molecule has 0 bridgehead atoms. The zero-order chi connectivity index (χ0) is 24.5. The number of urea groups is 1. The first-order chi connectivity index (χ1) is 16.2. The van der Waals surface area contributed by atoms with Crippen LogP contribution >= 0.6 is 0 Å². The Morgan fingerprint density at radius 2 is 1.68 bits per heavy atom. The molecule has 4 fully saturated rings. The van der Waals surface area contributed by atoms with Crippen molar-refractivity contribution in [1.82, 2.24) is 15.5 Å². The summed E-state index contributed by atoms with van der Waals surface area (Å²) in [4.78, 5) is 41.8. The van der Waals surface area contributed by atoms with E-state index >= 15 is 0 Å². The largest absolute Gasteiger partial charge is 0.467 e. The maximum absolute atomic E-state index is 14.0. The highest BCUT2D eigenvalue weighted by molar-refractivity contribution is 5.92. The fourth-order valence-electron chi connectivity index (χ4n) is 7.49. The third-order valence-electron chi connectivity index (χ3n) is 9.53. The second-order valence-corrected chi connectivity index (χ2v) is 12.0. The van der Waals surface area contributed by atoms with Crippen molar-refractivity contribution in [1.29, 1.82) is 0 Å². The van der Waals surface area contributed by atoms with E-state index in [1.54, 1.807) is 4.90 Å². The summed E-state index contributed by atoms with van der Waals surface area (Å²) in [6.07, 6.45) is 12.7. The molecular weight excluding hydrogens is 430 g/mol. The van der Waals surface area contributed by atoms with Gasteiger partial charge in [0.1, 0.15) is 12.1 Å². The van der Waals surface area contributed by atoms with Gasteiger partial charge >= 0.3 is 12.0 Å². The van der Waals surface area contributed by atoms with Crippen molar-refractivity contribution in [3.63, 3.8) is 0 Å². The third-order valence-corrected chi connectivity index (χ3v) is 9.53. The van der Waals surface area contributed by atoms with E-state index in [-0.39, 0.29) is 40.7 Å². The molecule has 7 nitrogen and oxygen atoms in total. The van der Waals surface area contributed by atoms with Gasteiger partial charge in [-0.1, -0.05) is 65.7 Å². The van der Waals surface area contributed by atoms with Crippen LogP contribution in [0.5, 0.6) is 0 Å². The van der Waals surface area contributed by atoms with Crippen LogP contribution < -0.4 is 10.6 Å². The Kier molecular flexibility index (Phi) is 7.49. The summed E-state index contributed by atoms with van der Waals surface area (Å²) < 4.78 is 5.12. The molecule has 3 aliphatic carbocycles. The molecule has 4 aliphatic rings. The van der Waals surface area contributed by atoms with Gasteiger partial charge in [0.25, 0.3) is 0 Å². The normalized spacial score (nSPS) is 30.7. The first kappa shape index (κ1) is 25.3. The highest BCUT2D eigenvalue weighted by Crippen LogP contribution is 2.65. The van der Waals surface area contributed by atoms with Crippen LogP contribution in [0.15, 0.2) is 0 Å². The van der Waals surface area contributed by atoms with Crippen molar-refractivity contribution in [2.75, 3.05) is 13.7 Å². The van der Waals surface area contributed by atoms with Crippen LogP contribution in [0.1, 0.15) is 97.8 Å². The average Bonchev–Trinajstić information content (AvgIpc) is 3.16. The van der Waals surface area contributed by atoms with Crippen LogP contribution in [0.25, 0.3) is 0 Å². The predicted molar refractivity (Wildman–Crippen MR) is 131 cm³/mol. The highest BCUT2D eigenvalue weighted by Gasteiger charge is 2.70. The molecule has 0 aromatic heterocycles. The number of esters is 1. The molecule has 1 heterocycles. The molecule has 1 aliphatic heterocycles. The summed E-state index contributed by atoms with van der Waals surface area (Å²) in [6, 6.07) is -1.35. The van der Waals surface area contributed by atoms with Crippen LogP contribution in [-0.4, -0.2) is 54.1 Å². The van der Waals surface area contributed by atoms with Gasteiger partial charge in [0.15, 0.2) is 0 Å². The lowest BCUT2D eigenvalue weighted by molar-refractivity contribution is -0.154. The van der Waals surface area contributed by atoms with Crippen LogP contribution in [0.2, 0.25) is 0 Å². The SMILES string of the molecule is CCCC1(NC(=O)N[C@H](C(=O)N2CC3[C@@H]([C@H]2C(=O)OC)C3(C)C)C2CCCCC2)CCCCC1. The quantitative estimate of drug-likeness (QED) is 0.535. The van der Waals surface area contributed by atoms with Crippen molar-refractivity contribution in [2.24, 2.45) is 23.2 Å². The highest BCUT2D eigenvalue weighted by atomic mass is 16.5. The van der Waals surface area contributed by atoms with Gasteiger partial charge in [-0.3, -0.25) is 4.79 Å². The fraction of sp³-hybridized carbons (Fsp3) is 0.889. The summed E-state index contributed by atoms with van der Waals surface area (Å²) in [6.45, 7) is 7.07. The number of likely N-dealkylation sites (tertiary alicyclic amines) is 1. The predicted octanol–water partition coefficient (Wildman–Crippen LogP) is 4.39. The maximum atomic E-state index is 14.0. The number of carbonyl (C=O) groups is 3. The molecule has 34 heavy (non-hydrogen) atoms. The molecule has 192 valence electrons. The van der Waals surface area contributed by atoms with Gasteiger partial charge in [-0.15, -0.1) is 0 Å². The maximum Gasteiger partial charge on any atom is 0.328 e. The molecule has 1 saturated heterocycles. The number of nitrogens with zero attached hydrogens (tertiary/aromatic N) is 1. The topological polar surface area (TPSA) is 87.7 Å². The van der Waals surface area contributed by atoms with E-state index in [2.05, 4.69) is 31.4 Å². The molecule has 0 radical (unpaired) electrons. The minimum atomic E-state index is -0.588. The van der Waals surface area contributed by atoms with Crippen molar-refractivity contribution >= 4 is 17.9 Å². The Morgan fingerprint density at radius 1 is 1.03 bits per heavy atom. The smallest absolute Gasteiger partial charge is 0.328 e. The second-order valence-electron chi connectivity index (χ2n) is 12.0. The number of carbonyl (C=O) groups excluding carboxylic acids is 3. The Bertz CT molecular complexity index is 764. The van der Waals surface area contributed by atoms with Crippen LogP contribution in [-0.2, 0) is 14.3 Å². The third kappa shape index (κ3) is 4.81. The molecular formula is C27H45N3O4. The van der Waals surface area contributed by atoms with Gasteiger partial charge in [0, 0.05) is 18.0 Å². The van der Waals surface area contributed by atoms with E-state index < -0.39 is 12.1 Å². The molecule has 1 unspecified atom stereocenters. The minimum Gasteiger partial charge on any atom is -0.467 e. The lowest BCUT2D eigenvalue weighted by Gasteiger charge is -2.40. The number of fused-ring (bicyclic) bond motifs is 1. The van der Waals surface area contributed by atoms with Gasteiger partial charge in [-0.25, -0.2) is 9.59 Å². The number of amides is 3. The van der Waals surface area contributed by atoms with Gasteiger partial charge in [0.2, 0.25) is 5.91 Å². The molecule has 3 amide bonds. The lowest BCUT2D eigenvalue weighted by Crippen LogP contribution is -2.60. The minimum absolute atomic E-state index is 0.0499. The number of piperidine rings is 1. The van der Waals surface area contributed by atoms with E-state index in [9.17, 15) is 14.4 Å². The molecule has 4 rings (SSSR count). The van der Waals surface area contributed by atoms with E-state index in [0.717, 1.165) is 64.2 Å². The average molecular weight is 476 g/mol.